The number of aromatic nitrogens is 1. The first kappa shape index (κ1) is 25.7. The first-order valence-electron chi connectivity index (χ1n) is 12.7. The van der Waals surface area contributed by atoms with Crippen LogP contribution in [0.3, 0.4) is 0 Å². The predicted octanol–water partition coefficient (Wildman–Crippen LogP) is 4.02. The summed E-state index contributed by atoms with van der Waals surface area (Å²) in [4.78, 5) is 43.6. The van der Waals surface area contributed by atoms with Crippen molar-refractivity contribution in [1.29, 1.82) is 0 Å². The number of nitrogens with two attached hydrogens (primary N) is 1. The third-order valence-electron chi connectivity index (χ3n) is 7.17. The smallest absolute Gasteiger partial charge is 0.251 e. The standard InChI is InChI=1S/C28H37N5O3/c1-17(34)20-8-10-25(30-15-20)33-11-5-6-18-12-21(14-24(18)33)32-27(36)19-7-9-22(26(29)35)23(13-19)31-16-28(2,3)4/h7-10,13,15,18,21,24,31H,5-6,11-12,14,16H2,1-4H3,(H2,29,35)(H,32,36). The fourth-order valence-corrected chi connectivity index (χ4v) is 5.33. The number of nitrogens with one attached hydrogen (secondary N) is 2. The largest absolute Gasteiger partial charge is 0.384 e. The fourth-order valence-electron chi connectivity index (χ4n) is 5.33. The number of rotatable bonds is 7. The number of nitrogens with zero attached hydrogens (tertiary/aromatic N) is 2. The number of amides is 2. The Labute approximate surface area is 213 Å². The predicted molar refractivity (Wildman–Crippen MR) is 141 cm³/mol. The highest BCUT2D eigenvalue weighted by Crippen LogP contribution is 2.39. The van der Waals surface area contributed by atoms with Crippen LogP contribution in [0.5, 0.6) is 0 Å². The zero-order valence-electron chi connectivity index (χ0n) is 21.6. The third-order valence-corrected chi connectivity index (χ3v) is 7.17. The van der Waals surface area contributed by atoms with Gasteiger partial charge in [-0.1, -0.05) is 20.8 Å². The summed E-state index contributed by atoms with van der Waals surface area (Å²) in [6, 6.07) is 9.13. The Morgan fingerprint density at radius 1 is 1.11 bits per heavy atom. The molecule has 1 aliphatic heterocycles. The van der Waals surface area contributed by atoms with Gasteiger partial charge in [0, 0.05) is 48.2 Å². The lowest BCUT2D eigenvalue weighted by molar-refractivity contribution is 0.0934. The van der Waals surface area contributed by atoms with Gasteiger partial charge in [-0.3, -0.25) is 14.4 Å². The molecule has 0 bridgehead atoms. The number of Topliss-reactive ketones (excluding diaryl/α,β-unsaturated/α-hetero) is 1. The van der Waals surface area contributed by atoms with E-state index in [0.717, 1.165) is 38.0 Å². The summed E-state index contributed by atoms with van der Waals surface area (Å²) in [7, 11) is 0. The lowest BCUT2D eigenvalue weighted by Crippen LogP contribution is -2.43. The SMILES string of the molecule is CC(=O)c1ccc(N2CCCC3CC(NC(=O)c4ccc(C(N)=O)c(NCC(C)(C)C)c4)CC32)nc1. The maximum absolute atomic E-state index is 13.2. The van der Waals surface area contributed by atoms with Crippen molar-refractivity contribution >= 4 is 29.1 Å². The number of carbonyl (C=O) groups excluding carboxylic acids is 3. The van der Waals surface area contributed by atoms with Crippen molar-refractivity contribution in [3.8, 4) is 0 Å². The van der Waals surface area contributed by atoms with Crippen LogP contribution >= 0.6 is 0 Å². The topological polar surface area (TPSA) is 117 Å². The zero-order chi connectivity index (χ0) is 26.0. The average Bonchev–Trinajstić information content (AvgIpc) is 3.24. The molecule has 2 fully saturated rings. The van der Waals surface area contributed by atoms with Gasteiger partial charge in [-0.05, 0) is 74.3 Å². The number of piperidine rings is 1. The fraction of sp³-hybridized carbons (Fsp3) is 0.500. The van der Waals surface area contributed by atoms with Crippen molar-refractivity contribution < 1.29 is 14.4 Å². The average molecular weight is 492 g/mol. The minimum Gasteiger partial charge on any atom is -0.384 e. The van der Waals surface area contributed by atoms with Gasteiger partial charge in [0.05, 0.1) is 5.56 Å². The van der Waals surface area contributed by atoms with Crippen molar-refractivity contribution in [3.63, 3.8) is 0 Å². The minimum absolute atomic E-state index is 0.000440. The van der Waals surface area contributed by atoms with Gasteiger partial charge in [-0.15, -0.1) is 0 Å². The molecule has 192 valence electrons. The highest BCUT2D eigenvalue weighted by atomic mass is 16.2. The molecule has 1 aromatic carbocycles. The summed E-state index contributed by atoms with van der Waals surface area (Å²) in [5, 5.41) is 6.50. The van der Waals surface area contributed by atoms with E-state index in [1.165, 1.54) is 0 Å². The Kier molecular flexibility index (Phi) is 7.33. The van der Waals surface area contributed by atoms with E-state index >= 15 is 0 Å². The Morgan fingerprint density at radius 2 is 1.86 bits per heavy atom. The van der Waals surface area contributed by atoms with Crippen LogP contribution in [0.1, 0.15) is 84.5 Å². The summed E-state index contributed by atoms with van der Waals surface area (Å²) < 4.78 is 0. The second kappa shape index (κ2) is 10.3. The summed E-state index contributed by atoms with van der Waals surface area (Å²) >= 11 is 0. The second-order valence-corrected chi connectivity index (χ2v) is 11.3. The van der Waals surface area contributed by atoms with E-state index in [0.29, 0.717) is 40.9 Å². The van der Waals surface area contributed by atoms with Gasteiger partial charge in [0.2, 0.25) is 0 Å². The lowest BCUT2D eigenvalue weighted by atomic mass is 9.92. The summed E-state index contributed by atoms with van der Waals surface area (Å²) in [5.74, 6) is 0.708. The molecule has 36 heavy (non-hydrogen) atoms. The van der Waals surface area contributed by atoms with Gasteiger partial charge in [-0.25, -0.2) is 4.98 Å². The molecule has 1 saturated heterocycles. The molecule has 3 unspecified atom stereocenters. The van der Waals surface area contributed by atoms with Crippen molar-refractivity contribution in [1.82, 2.24) is 10.3 Å². The number of fused-ring (bicyclic) bond motifs is 1. The van der Waals surface area contributed by atoms with Crippen LogP contribution in [-0.4, -0.2) is 47.8 Å². The maximum Gasteiger partial charge on any atom is 0.251 e. The van der Waals surface area contributed by atoms with E-state index in [1.54, 1.807) is 31.3 Å². The van der Waals surface area contributed by atoms with Crippen molar-refractivity contribution in [2.24, 2.45) is 17.1 Å². The van der Waals surface area contributed by atoms with Crippen molar-refractivity contribution in [2.75, 3.05) is 23.3 Å². The monoisotopic (exact) mass is 491 g/mol. The molecule has 8 heteroatoms. The van der Waals surface area contributed by atoms with Crippen LogP contribution in [-0.2, 0) is 0 Å². The van der Waals surface area contributed by atoms with Crippen molar-refractivity contribution in [2.45, 2.75) is 65.5 Å². The maximum atomic E-state index is 13.2. The van der Waals surface area contributed by atoms with Crippen LogP contribution in [0, 0.1) is 11.3 Å². The first-order chi connectivity index (χ1) is 17.0. The van der Waals surface area contributed by atoms with Gasteiger partial charge in [0.15, 0.2) is 5.78 Å². The third kappa shape index (κ3) is 5.86. The Balaban J connectivity index is 1.45. The Morgan fingerprint density at radius 3 is 2.50 bits per heavy atom. The number of ketones is 1. The molecule has 8 nitrogen and oxygen atoms in total. The molecular formula is C28H37N5O3. The first-order valence-corrected chi connectivity index (χ1v) is 12.7. The molecule has 4 rings (SSSR count). The molecule has 0 radical (unpaired) electrons. The number of benzene rings is 1. The quantitative estimate of drug-likeness (QED) is 0.504. The highest BCUT2D eigenvalue weighted by molar-refractivity contribution is 6.02. The van der Waals surface area contributed by atoms with Gasteiger partial charge >= 0.3 is 0 Å². The van der Waals surface area contributed by atoms with Crippen molar-refractivity contribution in [3.05, 3.63) is 53.2 Å². The molecule has 2 amide bonds. The normalized spacial score (nSPS) is 21.6. The minimum atomic E-state index is -0.525. The number of anilines is 2. The molecule has 0 spiro atoms. The van der Waals surface area contributed by atoms with E-state index in [9.17, 15) is 14.4 Å². The number of hydrogen-bond donors (Lipinski definition) is 3. The number of pyridine rings is 1. The van der Waals surface area contributed by atoms with Gasteiger partial charge < -0.3 is 21.3 Å². The van der Waals surface area contributed by atoms with E-state index in [4.69, 9.17) is 5.73 Å². The lowest BCUT2D eigenvalue weighted by Gasteiger charge is -2.38. The Hall–Kier alpha value is -3.42. The summed E-state index contributed by atoms with van der Waals surface area (Å²) in [5.41, 5.74) is 7.63. The molecule has 4 N–H and O–H groups in total. The zero-order valence-corrected chi connectivity index (χ0v) is 21.6. The van der Waals surface area contributed by atoms with E-state index in [1.807, 2.05) is 12.1 Å². The van der Waals surface area contributed by atoms with Gasteiger partial charge in [0.1, 0.15) is 5.82 Å². The van der Waals surface area contributed by atoms with Gasteiger partial charge in [0.25, 0.3) is 11.8 Å². The Bertz CT molecular complexity index is 1140. The van der Waals surface area contributed by atoms with E-state index < -0.39 is 5.91 Å². The molecule has 1 saturated carbocycles. The molecule has 2 aliphatic rings. The number of primary amides is 1. The van der Waals surface area contributed by atoms with Crippen LogP contribution in [0.15, 0.2) is 36.5 Å². The molecular weight excluding hydrogens is 454 g/mol. The van der Waals surface area contributed by atoms with E-state index in [2.05, 4.69) is 41.3 Å². The van der Waals surface area contributed by atoms with Crippen LogP contribution in [0.25, 0.3) is 0 Å². The molecule has 1 aliphatic carbocycles. The highest BCUT2D eigenvalue weighted by Gasteiger charge is 2.41. The summed E-state index contributed by atoms with van der Waals surface area (Å²) in [6.45, 7) is 9.39. The van der Waals surface area contributed by atoms with Gasteiger partial charge in [-0.2, -0.15) is 0 Å². The summed E-state index contributed by atoms with van der Waals surface area (Å²) in [6.07, 6.45) is 5.63. The number of hydrogen-bond acceptors (Lipinski definition) is 6. The van der Waals surface area contributed by atoms with Crippen LogP contribution in [0.2, 0.25) is 0 Å². The van der Waals surface area contributed by atoms with E-state index in [-0.39, 0.29) is 23.1 Å². The molecule has 2 heterocycles. The number of carbonyl (C=O) groups is 3. The molecule has 1 aromatic heterocycles. The second-order valence-electron chi connectivity index (χ2n) is 11.3. The molecule has 2 aromatic rings. The van der Waals surface area contributed by atoms with Crippen LogP contribution < -0.4 is 21.3 Å². The molecule has 3 atom stereocenters. The van der Waals surface area contributed by atoms with Crippen LogP contribution in [0.4, 0.5) is 11.5 Å².